The Kier molecular flexibility index (Phi) is 5.66. The van der Waals surface area contributed by atoms with E-state index in [0.717, 1.165) is 11.3 Å². The molecule has 0 saturated heterocycles. The number of ether oxygens (including phenoxy) is 1. The van der Waals surface area contributed by atoms with Gasteiger partial charge in [0.15, 0.2) is 0 Å². The summed E-state index contributed by atoms with van der Waals surface area (Å²) in [5.74, 6) is -1.75. The molecule has 160 valence electrons. The molecule has 2 aliphatic rings. The van der Waals surface area contributed by atoms with E-state index in [1.54, 1.807) is 12.4 Å². The fourth-order valence-corrected chi connectivity index (χ4v) is 4.12. The predicted molar refractivity (Wildman–Crippen MR) is 103 cm³/mol. The molecule has 2 aromatic rings. The van der Waals surface area contributed by atoms with E-state index >= 15 is 0 Å². The molecule has 2 saturated carbocycles. The molecule has 4 rings (SSSR count). The van der Waals surface area contributed by atoms with Gasteiger partial charge in [0.2, 0.25) is 0 Å². The average Bonchev–Trinajstić information content (AvgIpc) is 3.54. The first-order valence-electron chi connectivity index (χ1n) is 10.2. The van der Waals surface area contributed by atoms with Gasteiger partial charge in [-0.2, -0.15) is 13.2 Å². The number of pyridine rings is 2. The predicted octanol–water partition coefficient (Wildman–Crippen LogP) is 5.08. The maximum absolute atomic E-state index is 12.8. The van der Waals surface area contributed by atoms with Gasteiger partial charge in [-0.3, -0.25) is 14.8 Å². The summed E-state index contributed by atoms with van der Waals surface area (Å²) in [4.78, 5) is 19.9. The standard InChI is InChI=1S/C22H23F3N2O3/c23-22(24,25)15-6-4-13(5-7-15)12-30-16-8-14(10-26-11-16)19-2-1-3-20(27-19)17-9-18(17)21(28)29/h1-3,8,10-11,13,15,17-18H,4-7,9,12H2,(H,28,29)/t13-,15-,17-,18-/m1/s1. The number of nitrogens with zero attached hydrogens (tertiary/aromatic N) is 2. The first kappa shape index (κ1) is 20.6. The van der Waals surface area contributed by atoms with Crippen molar-refractivity contribution < 1.29 is 27.8 Å². The fourth-order valence-electron chi connectivity index (χ4n) is 4.12. The summed E-state index contributed by atoms with van der Waals surface area (Å²) < 4.78 is 44.2. The van der Waals surface area contributed by atoms with E-state index in [1.165, 1.54) is 0 Å². The van der Waals surface area contributed by atoms with E-state index < -0.39 is 18.1 Å². The maximum atomic E-state index is 12.8. The maximum Gasteiger partial charge on any atom is 0.391 e. The van der Waals surface area contributed by atoms with Gasteiger partial charge in [0.25, 0.3) is 0 Å². The van der Waals surface area contributed by atoms with Gasteiger partial charge in [0, 0.05) is 23.4 Å². The van der Waals surface area contributed by atoms with E-state index in [4.69, 9.17) is 9.84 Å². The van der Waals surface area contributed by atoms with Crippen LogP contribution in [0, 0.1) is 17.8 Å². The molecule has 2 heterocycles. The second-order valence-corrected chi connectivity index (χ2v) is 8.21. The zero-order valence-electron chi connectivity index (χ0n) is 16.3. The van der Waals surface area contributed by atoms with Crippen LogP contribution in [-0.4, -0.2) is 33.8 Å². The molecule has 1 N–H and O–H groups in total. The zero-order chi connectivity index (χ0) is 21.3. The summed E-state index contributed by atoms with van der Waals surface area (Å²) in [6.45, 7) is 0.367. The molecule has 2 aromatic heterocycles. The summed E-state index contributed by atoms with van der Waals surface area (Å²) in [5, 5.41) is 9.12. The largest absolute Gasteiger partial charge is 0.492 e. The number of carbonyl (C=O) groups is 1. The zero-order valence-corrected chi connectivity index (χ0v) is 16.3. The Morgan fingerprint density at radius 1 is 1.17 bits per heavy atom. The lowest BCUT2D eigenvalue weighted by molar-refractivity contribution is -0.184. The lowest BCUT2D eigenvalue weighted by atomic mass is 9.82. The van der Waals surface area contributed by atoms with E-state index in [1.807, 2.05) is 24.3 Å². The highest BCUT2D eigenvalue weighted by Gasteiger charge is 2.45. The third-order valence-electron chi connectivity index (χ3n) is 6.06. The Morgan fingerprint density at radius 2 is 1.93 bits per heavy atom. The Morgan fingerprint density at radius 3 is 2.60 bits per heavy atom. The molecule has 0 unspecified atom stereocenters. The first-order valence-corrected chi connectivity index (χ1v) is 10.2. The molecule has 0 radical (unpaired) electrons. The third kappa shape index (κ3) is 4.74. The summed E-state index contributed by atoms with van der Waals surface area (Å²) in [6.07, 6.45) is 1.07. The molecule has 2 fully saturated rings. The molecule has 30 heavy (non-hydrogen) atoms. The number of halogens is 3. The van der Waals surface area contributed by atoms with Crippen molar-refractivity contribution in [1.29, 1.82) is 0 Å². The molecule has 5 nitrogen and oxygen atoms in total. The molecular formula is C22H23F3N2O3. The number of alkyl halides is 3. The van der Waals surface area contributed by atoms with E-state index in [-0.39, 0.29) is 30.6 Å². The number of carboxylic acids is 1. The summed E-state index contributed by atoms with van der Waals surface area (Å²) >= 11 is 0. The van der Waals surface area contributed by atoms with Gasteiger partial charge in [-0.25, -0.2) is 0 Å². The molecule has 2 aliphatic carbocycles. The summed E-state index contributed by atoms with van der Waals surface area (Å²) in [5.41, 5.74) is 2.20. The molecule has 0 amide bonds. The van der Waals surface area contributed by atoms with Crippen molar-refractivity contribution in [2.45, 2.75) is 44.2 Å². The monoisotopic (exact) mass is 420 g/mol. The number of hydrogen-bond donors (Lipinski definition) is 1. The van der Waals surface area contributed by atoms with Crippen LogP contribution in [0.3, 0.4) is 0 Å². The van der Waals surface area contributed by atoms with Crippen molar-refractivity contribution in [2.75, 3.05) is 6.61 Å². The SMILES string of the molecule is O=C(O)[C@@H]1C[C@H]1c1cccc(-c2cncc(OC[C@H]3CC[C@H](C(F)(F)F)CC3)c2)n1. The summed E-state index contributed by atoms with van der Waals surface area (Å²) in [6, 6.07) is 7.33. The van der Waals surface area contributed by atoms with Crippen LogP contribution in [0.5, 0.6) is 5.75 Å². The van der Waals surface area contributed by atoms with Gasteiger partial charge in [-0.15, -0.1) is 0 Å². The van der Waals surface area contributed by atoms with Crippen molar-refractivity contribution in [1.82, 2.24) is 9.97 Å². The summed E-state index contributed by atoms with van der Waals surface area (Å²) in [7, 11) is 0. The minimum atomic E-state index is -4.10. The highest BCUT2D eigenvalue weighted by molar-refractivity contribution is 5.75. The number of carboxylic acid groups (broad SMARTS) is 1. The highest BCUT2D eigenvalue weighted by Crippen LogP contribution is 2.47. The lowest BCUT2D eigenvalue weighted by Gasteiger charge is -2.29. The Balaban J connectivity index is 1.36. The van der Waals surface area contributed by atoms with Crippen molar-refractivity contribution >= 4 is 5.97 Å². The molecule has 8 heteroatoms. The van der Waals surface area contributed by atoms with Gasteiger partial charge in [0.1, 0.15) is 5.75 Å². The minimum absolute atomic E-state index is 0.0540. The number of hydrogen-bond acceptors (Lipinski definition) is 4. The Bertz CT molecular complexity index is 910. The van der Waals surface area contributed by atoms with Crippen molar-refractivity contribution in [2.24, 2.45) is 17.8 Å². The first-order chi connectivity index (χ1) is 14.3. The average molecular weight is 420 g/mol. The molecule has 2 atom stereocenters. The lowest BCUT2D eigenvalue weighted by Crippen LogP contribution is -2.29. The van der Waals surface area contributed by atoms with Crippen molar-refractivity contribution in [3.8, 4) is 17.0 Å². The van der Waals surface area contributed by atoms with Crippen molar-refractivity contribution in [3.63, 3.8) is 0 Å². The number of aromatic nitrogens is 2. The molecule has 0 aliphatic heterocycles. The van der Waals surface area contributed by atoms with Gasteiger partial charge < -0.3 is 9.84 Å². The van der Waals surface area contributed by atoms with Crippen LogP contribution in [0.4, 0.5) is 13.2 Å². The topological polar surface area (TPSA) is 72.3 Å². The van der Waals surface area contributed by atoms with Crippen LogP contribution in [0.25, 0.3) is 11.3 Å². The van der Waals surface area contributed by atoms with Gasteiger partial charge in [-0.1, -0.05) is 6.07 Å². The van der Waals surface area contributed by atoms with Crippen LogP contribution in [0.1, 0.15) is 43.7 Å². The van der Waals surface area contributed by atoms with Crippen LogP contribution >= 0.6 is 0 Å². The van der Waals surface area contributed by atoms with Crippen LogP contribution < -0.4 is 4.74 Å². The van der Waals surface area contributed by atoms with Crippen LogP contribution in [-0.2, 0) is 4.79 Å². The highest BCUT2D eigenvalue weighted by atomic mass is 19.4. The Labute approximate surface area is 172 Å². The molecule has 0 bridgehead atoms. The second kappa shape index (κ2) is 8.24. The van der Waals surface area contributed by atoms with E-state index in [9.17, 15) is 18.0 Å². The molecular weight excluding hydrogens is 397 g/mol. The van der Waals surface area contributed by atoms with Crippen LogP contribution in [0.2, 0.25) is 0 Å². The van der Waals surface area contributed by atoms with Crippen LogP contribution in [0.15, 0.2) is 36.7 Å². The van der Waals surface area contributed by atoms with E-state index in [2.05, 4.69) is 9.97 Å². The van der Waals surface area contributed by atoms with Gasteiger partial charge in [-0.05, 0) is 56.2 Å². The molecule has 0 spiro atoms. The number of rotatable bonds is 6. The van der Waals surface area contributed by atoms with Crippen molar-refractivity contribution in [3.05, 3.63) is 42.4 Å². The number of aliphatic carboxylic acids is 1. The second-order valence-electron chi connectivity index (χ2n) is 8.21. The normalized spacial score (nSPS) is 26.2. The quantitative estimate of drug-likeness (QED) is 0.706. The van der Waals surface area contributed by atoms with E-state index in [0.29, 0.717) is 37.3 Å². The minimum Gasteiger partial charge on any atom is -0.492 e. The van der Waals surface area contributed by atoms with Gasteiger partial charge >= 0.3 is 12.1 Å². The van der Waals surface area contributed by atoms with Gasteiger partial charge in [0.05, 0.1) is 30.3 Å². The Hall–Kier alpha value is -2.64. The smallest absolute Gasteiger partial charge is 0.391 e. The fraction of sp³-hybridized carbons (Fsp3) is 0.500. The molecule has 0 aromatic carbocycles. The third-order valence-corrected chi connectivity index (χ3v) is 6.06.